The Morgan fingerprint density at radius 2 is 0.941 bits per heavy atom. The average molecular weight is 546 g/mol. The molecule has 0 aromatic rings. The molecule has 0 aliphatic rings. The highest BCUT2D eigenvalue weighted by molar-refractivity contribution is 5.81. The van der Waals surface area contributed by atoms with Crippen LogP contribution in [-0.2, 0) is 9.53 Å². The van der Waals surface area contributed by atoms with Gasteiger partial charge in [0.05, 0.1) is 6.61 Å². The Kier molecular flexibility index (Phi) is 8.70. The van der Waals surface area contributed by atoms with E-state index >= 15 is 0 Å². The van der Waals surface area contributed by atoms with Crippen LogP contribution >= 0.6 is 0 Å². The summed E-state index contributed by atoms with van der Waals surface area (Å²) < 4.78 is 226. The van der Waals surface area contributed by atoms with E-state index < -0.39 is 79.5 Å². The van der Waals surface area contributed by atoms with Crippen molar-refractivity contribution in [2.45, 2.75) is 66.9 Å². The lowest BCUT2D eigenvalue weighted by atomic mass is 9.88. The molecule has 0 rings (SSSR count). The van der Waals surface area contributed by atoms with Gasteiger partial charge < -0.3 is 4.74 Å². The lowest BCUT2D eigenvalue weighted by molar-refractivity contribution is -0.461. The number of carbonyl (C=O) groups excluding carboxylic acids is 1. The lowest BCUT2D eigenvalue weighted by Gasteiger charge is -2.42. The van der Waals surface area contributed by atoms with Gasteiger partial charge in [0.25, 0.3) is 0 Å². The molecule has 0 saturated heterocycles. The Bertz CT molecular complexity index is 738. The molecule has 202 valence electrons. The third-order valence-corrected chi connectivity index (χ3v) is 4.08. The zero-order chi connectivity index (χ0) is 27.8. The molecule has 2 nitrogen and oxygen atoms in total. The fourth-order valence-electron chi connectivity index (χ4n) is 2.03. The number of unbranched alkanes of at least 4 members (excludes halogenated alkanes) is 1. The van der Waals surface area contributed by atoms with Crippen LogP contribution in [0.3, 0.4) is 0 Å². The van der Waals surface area contributed by atoms with Gasteiger partial charge in [-0.25, -0.2) is 4.79 Å². The first-order chi connectivity index (χ1) is 14.7. The Balaban J connectivity index is 6.11. The van der Waals surface area contributed by atoms with E-state index in [0.29, 0.717) is 6.08 Å². The summed E-state index contributed by atoms with van der Waals surface area (Å²) in [6.07, 6.45) is -12.0. The second kappa shape index (κ2) is 9.23. The van der Waals surface area contributed by atoms with E-state index in [1.807, 2.05) is 0 Å². The topological polar surface area (TPSA) is 26.3 Å². The number of ether oxygens (including phenoxy) is 1. The van der Waals surface area contributed by atoms with E-state index in [1.54, 1.807) is 0 Å². The van der Waals surface area contributed by atoms with Crippen LogP contribution in [0.25, 0.3) is 0 Å². The zero-order valence-corrected chi connectivity index (χ0v) is 15.9. The van der Waals surface area contributed by atoms with Crippen molar-refractivity contribution in [3.05, 3.63) is 12.7 Å². The summed E-state index contributed by atoms with van der Waals surface area (Å²) in [5, 5.41) is 0. The van der Waals surface area contributed by atoms with Crippen molar-refractivity contribution in [2.75, 3.05) is 6.61 Å². The van der Waals surface area contributed by atoms with Crippen molar-refractivity contribution >= 4 is 5.97 Å². The Labute approximate surface area is 177 Å². The van der Waals surface area contributed by atoms with E-state index in [9.17, 15) is 79.4 Å². The highest BCUT2D eigenvalue weighted by Gasteiger charge is 2.95. The molecule has 0 aliphatic carbocycles. The standard InChI is InChI=1S/C15H11F17O2/c1-2-7(33)34-6-4-3-5-8(16,17)9(18,19)10(20,21)11(22,23)12(24,25)13(26,27)14(28,29)15(30,31)32/h2H,1,3-6H2. The van der Waals surface area contributed by atoms with Gasteiger partial charge in [0, 0.05) is 12.5 Å². The lowest BCUT2D eigenvalue weighted by Crippen LogP contribution is -2.74. The molecule has 0 aliphatic heterocycles. The van der Waals surface area contributed by atoms with E-state index in [-0.39, 0.29) is 0 Å². The maximum atomic E-state index is 13.5. The first kappa shape index (κ1) is 32.0. The van der Waals surface area contributed by atoms with Gasteiger partial charge in [-0.3, -0.25) is 0 Å². The second-order valence-electron chi connectivity index (χ2n) is 6.48. The number of esters is 1. The van der Waals surface area contributed by atoms with Crippen LogP contribution in [0.1, 0.15) is 19.3 Å². The molecular weight excluding hydrogens is 535 g/mol. The summed E-state index contributed by atoms with van der Waals surface area (Å²) in [7, 11) is 0. The quantitative estimate of drug-likeness (QED) is 0.115. The summed E-state index contributed by atoms with van der Waals surface area (Å²) >= 11 is 0. The highest BCUT2D eigenvalue weighted by Crippen LogP contribution is 2.64. The summed E-state index contributed by atoms with van der Waals surface area (Å²) in [6, 6.07) is 0. The van der Waals surface area contributed by atoms with Gasteiger partial charge in [0.2, 0.25) is 0 Å². The first-order valence-corrected chi connectivity index (χ1v) is 8.21. The number of hydrogen-bond acceptors (Lipinski definition) is 2. The van der Waals surface area contributed by atoms with Gasteiger partial charge in [-0.1, -0.05) is 6.58 Å². The third-order valence-electron chi connectivity index (χ3n) is 4.08. The Morgan fingerprint density at radius 1 is 0.588 bits per heavy atom. The van der Waals surface area contributed by atoms with Gasteiger partial charge in [-0.2, -0.15) is 74.6 Å². The van der Waals surface area contributed by atoms with Crippen molar-refractivity contribution in [3.8, 4) is 0 Å². The number of hydrogen-bond donors (Lipinski definition) is 0. The average Bonchev–Trinajstić information content (AvgIpc) is 2.65. The van der Waals surface area contributed by atoms with Gasteiger partial charge in [0.1, 0.15) is 0 Å². The molecular formula is C15H11F17O2. The van der Waals surface area contributed by atoms with Crippen LogP contribution < -0.4 is 0 Å². The first-order valence-electron chi connectivity index (χ1n) is 8.21. The Morgan fingerprint density at radius 3 is 1.29 bits per heavy atom. The number of carbonyl (C=O) groups is 1. The molecule has 0 spiro atoms. The molecule has 19 heteroatoms. The van der Waals surface area contributed by atoms with Crippen LogP contribution in [0.15, 0.2) is 12.7 Å². The molecule has 0 fully saturated rings. The number of alkyl halides is 17. The minimum atomic E-state index is -8.64. The molecule has 0 unspecified atom stereocenters. The normalized spacial score (nSPS) is 15.3. The minimum Gasteiger partial charge on any atom is -0.463 e. The summed E-state index contributed by atoms with van der Waals surface area (Å²) in [5.74, 6) is -57.5. The van der Waals surface area contributed by atoms with Crippen molar-refractivity contribution in [3.63, 3.8) is 0 Å². The molecule has 0 heterocycles. The molecule has 0 amide bonds. The molecule has 0 atom stereocenters. The summed E-state index contributed by atoms with van der Waals surface area (Å²) in [5.41, 5.74) is 0. The number of halogens is 17. The molecule has 0 saturated carbocycles. The molecule has 0 bridgehead atoms. The van der Waals surface area contributed by atoms with Crippen molar-refractivity contribution < 1.29 is 84.2 Å². The van der Waals surface area contributed by atoms with E-state index in [0.717, 1.165) is 0 Å². The predicted octanol–water partition coefficient (Wildman–Crippen LogP) is 6.90. The van der Waals surface area contributed by atoms with Gasteiger partial charge in [-0.15, -0.1) is 0 Å². The summed E-state index contributed by atoms with van der Waals surface area (Å²) in [6.45, 7) is 2.02. The van der Waals surface area contributed by atoms with Gasteiger partial charge in [-0.05, 0) is 12.8 Å². The Hall–Kier alpha value is -1.98. The van der Waals surface area contributed by atoms with Crippen LogP contribution in [0, 0.1) is 0 Å². The minimum absolute atomic E-state index is 0.531. The monoisotopic (exact) mass is 546 g/mol. The SMILES string of the molecule is C=CC(=O)OCCCCC(F)(F)C(F)(F)C(F)(F)C(F)(F)C(F)(F)C(F)(F)C(F)(F)C(F)(F)F. The van der Waals surface area contributed by atoms with Crippen LogP contribution in [-0.4, -0.2) is 60.2 Å². The van der Waals surface area contributed by atoms with Crippen LogP contribution in [0.4, 0.5) is 74.6 Å². The third kappa shape index (κ3) is 4.87. The molecule has 0 radical (unpaired) electrons. The van der Waals surface area contributed by atoms with Crippen LogP contribution in [0.2, 0.25) is 0 Å². The molecule has 0 aromatic heterocycles. The van der Waals surface area contributed by atoms with Crippen LogP contribution in [0.5, 0.6) is 0 Å². The van der Waals surface area contributed by atoms with Crippen molar-refractivity contribution in [2.24, 2.45) is 0 Å². The fraction of sp³-hybridized carbons (Fsp3) is 0.800. The summed E-state index contributed by atoms with van der Waals surface area (Å²) in [4.78, 5) is 10.6. The van der Waals surface area contributed by atoms with E-state index in [4.69, 9.17) is 0 Å². The van der Waals surface area contributed by atoms with Gasteiger partial charge >= 0.3 is 53.6 Å². The van der Waals surface area contributed by atoms with Gasteiger partial charge in [0.15, 0.2) is 0 Å². The highest BCUT2D eigenvalue weighted by atomic mass is 19.4. The van der Waals surface area contributed by atoms with Crippen molar-refractivity contribution in [1.29, 1.82) is 0 Å². The number of rotatable bonds is 12. The smallest absolute Gasteiger partial charge is 0.460 e. The molecule has 34 heavy (non-hydrogen) atoms. The zero-order valence-electron chi connectivity index (χ0n) is 15.9. The second-order valence-corrected chi connectivity index (χ2v) is 6.48. The predicted molar refractivity (Wildman–Crippen MR) is 75.7 cm³/mol. The molecule has 0 aromatic carbocycles. The maximum absolute atomic E-state index is 13.5. The van der Waals surface area contributed by atoms with E-state index in [1.165, 1.54) is 0 Å². The molecule has 0 N–H and O–H groups in total. The van der Waals surface area contributed by atoms with E-state index in [2.05, 4.69) is 11.3 Å². The fourth-order valence-corrected chi connectivity index (χ4v) is 2.03. The largest absolute Gasteiger partial charge is 0.463 e. The maximum Gasteiger partial charge on any atom is 0.460 e. The van der Waals surface area contributed by atoms with Crippen molar-refractivity contribution in [1.82, 2.24) is 0 Å².